The lowest BCUT2D eigenvalue weighted by molar-refractivity contribution is -0.121. The second-order valence-corrected chi connectivity index (χ2v) is 8.39. The van der Waals surface area contributed by atoms with E-state index in [2.05, 4.69) is 10.6 Å². The van der Waals surface area contributed by atoms with Crippen molar-refractivity contribution < 1.29 is 19.1 Å². The summed E-state index contributed by atoms with van der Waals surface area (Å²) in [6, 6.07) is 5.19. The van der Waals surface area contributed by atoms with Gasteiger partial charge in [0.25, 0.3) is 0 Å². The van der Waals surface area contributed by atoms with Gasteiger partial charge < -0.3 is 20.1 Å². The number of nitrogens with one attached hydrogen (secondary N) is 2. The fourth-order valence-corrected chi connectivity index (χ4v) is 2.97. The molecule has 0 aromatic heterocycles. The lowest BCUT2D eigenvalue weighted by Gasteiger charge is -2.22. The van der Waals surface area contributed by atoms with E-state index in [1.807, 2.05) is 40.7 Å². The van der Waals surface area contributed by atoms with E-state index >= 15 is 0 Å². The Morgan fingerprint density at radius 2 is 1.96 bits per heavy atom. The van der Waals surface area contributed by atoms with Gasteiger partial charge in [-0.2, -0.15) is 0 Å². The van der Waals surface area contributed by atoms with Crippen LogP contribution in [-0.4, -0.2) is 30.3 Å². The summed E-state index contributed by atoms with van der Waals surface area (Å²) in [5.74, 6) is 0.648. The molecular formula is C20H29ClN2O4. The Bertz CT molecular complexity index is 696. The maximum atomic E-state index is 11.8. The molecule has 1 aliphatic rings. The van der Waals surface area contributed by atoms with E-state index in [0.717, 1.165) is 18.4 Å². The summed E-state index contributed by atoms with van der Waals surface area (Å²) < 4.78 is 11.0. The third-order valence-electron chi connectivity index (χ3n) is 4.17. The lowest BCUT2D eigenvalue weighted by atomic mass is 10.0. The van der Waals surface area contributed by atoms with Crippen molar-refractivity contribution in [2.45, 2.75) is 71.1 Å². The molecule has 1 aliphatic carbocycles. The van der Waals surface area contributed by atoms with Crippen molar-refractivity contribution in [1.29, 1.82) is 0 Å². The number of alkyl carbamates (subject to hydrolysis) is 1. The fraction of sp³-hybridized carbons (Fsp3) is 0.600. The first-order valence-electron chi connectivity index (χ1n) is 9.28. The summed E-state index contributed by atoms with van der Waals surface area (Å²) in [7, 11) is 0. The zero-order valence-electron chi connectivity index (χ0n) is 16.6. The third kappa shape index (κ3) is 6.31. The largest absolute Gasteiger partial charge is 0.491 e. The highest BCUT2D eigenvalue weighted by molar-refractivity contribution is 6.31. The van der Waals surface area contributed by atoms with E-state index in [1.54, 1.807) is 12.1 Å². The van der Waals surface area contributed by atoms with Crippen LogP contribution in [0, 0.1) is 0 Å². The summed E-state index contributed by atoms with van der Waals surface area (Å²) in [6.07, 6.45) is 1.68. The molecular weight excluding hydrogens is 368 g/mol. The minimum Gasteiger partial charge on any atom is -0.491 e. The molecule has 6 nitrogen and oxygen atoms in total. The monoisotopic (exact) mass is 396 g/mol. The smallest absolute Gasteiger partial charge is 0.407 e. The van der Waals surface area contributed by atoms with Crippen molar-refractivity contribution >= 4 is 23.6 Å². The van der Waals surface area contributed by atoms with Crippen molar-refractivity contribution in [3.63, 3.8) is 0 Å². The molecule has 150 valence electrons. The number of rotatable bonds is 7. The van der Waals surface area contributed by atoms with Crippen molar-refractivity contribution in [3.8, 4) is 5.75 Å². The Kier molecular flexibility index (Phi) is 6.63. The van der Waals surface area contributed by atoms with E-state index in [9.17, 15) is 9.59 Å². The molecule has 1 aromatic rings. The van der Waals surface area contributed by atoms with Crippen LogP contribution in [0.3, 0.4) is 0 Å². The molecule has 0 spiro atoms. The zero-order chi connectivity index (χ0) is 20.2. The first-order chi connectivity index (χ1) is 12.5. The number of ether oxygens (including phenoxy) is 2. The van der Waals surface area contributed by atoms with E-state index < -0.39 is 11.7 Å². The SMILES string of the molecule is CCC(=O)NC1(c2cc(OC[C@H](C)NC(=O)OC(C)(C)C)ccc2Cl)CC1. The highest BCUT2D eigenvalue weighted by Gasteiger charge is 2.46. The van der Waals surface area contributed by atoms with Gasteiger partial charge in [0.15, 0.2) is 0 Å². The predicted octanol–water partition coefficient (Wildman–Crippen LogP) is 4.15. The number of carbonyl (C=O) groups excluding carboxylic acids is 2. The molecule has 2 rings (SSSR count). The molecule has 2 amide bonds. The van der Waals surface area contributed by atoms with E-state index in [-0.39, 0.29) is 24.1 Å². The second-order valence-electron chi connectivity index (χ2n) is 7.98. The zero-order valence-corrected chi connectivity index (χ0v) is 17.4. The van der Waals surface area contributed by atoms with Gasteiger partial charge in [0.05, 0.1) is 11.6 Å². The van der Waals surface area contributed by atoms with Crippen LogP contribution in [0.25, 0.3) is 0 Å². The molecule has 0 bridgehead atoms. The Morgan fingerprint density at radius 1 is 1.30 bits per heavy atom. The lowest BCUT2D eigenvalue weighted by Crippen LogP contribution is -2.40. The average Bonchev–Trinajstić information content (AvgIpc) is 3.32. The number of halogens is 1. The Hall–Kier alpha value is -1.95. The van der Waals surface area contributed by atoms with Crippen molar-refractivity contribution in [2.75, 3.05) is 6.61 Å². The minimum atomic E-state index is -0.544. The van der Waals surface area contributed by atoms with E-state index in [4.69, 9.17) is 21.1 Å². The highest BCUT2D eigenvalue weighted by atomic mass is 35.5. The van der Waals surface area contributed by atoms with Gasteiger partial charge in [-0.1, -0.05) is 18.5 Å². The summed E-state index contributed by atoms with van der Waals surface area (Å²) in [5.41, 5.74) is -0.0579. The Balaban J connectivity index is 1.96. The van der Waals surface area contributed by atoms with Crippen molar-refractivity contribution in [3.05, 3.63) is 28.8 Å². The second kappa shape index (κ2) is 8.38. The van der Waals surface area contributed by atoms with Crippen LogP contribution < -0.4 is 15.4 Å². The van der Waals surface area contributed by atoms with Gasteiger partial charge in [-0.3, -0.25) is 4.79 Å². The van der Waals surface area contributed by atoms with Crippen LogP contribution in [0.5, 0.6) is 5.75 Å². The van der Waals surface area contributed by atoms with Crippen LogP contribution >= 0.6 is 11.6 Å². The van der Waals surface area contributed by atoms with Gasteiger partial charge >= 0.3 is 6.09 Å². The summed E-state index contributed by atoms with van der Waals surface area (Å²) in [5, 5.41) is 6.41. The molecule has 0 saturated heterocycles. The maximum Gasteiger partial charge on any atom is 0.407 e. The van der Waals surface area contributed by atoms with Crippen LogP contribution in [0.1, 0.15) is 59.4 Å². The molecule has 0 unspecified atom stereocenters. The van der Waals surface area contributed by atoms with Gasteiger partial charge in [0.1, 0.15) is 18.0 Å². The number of hydrogen-bond acceptors (Lipinski definition) is 4. The number of benzene rings is 1. The summed E-state index contributed by atoms with van der Waals surface area (Å²) in [6.45, 7) is 9.39. The molecule has 7 heteroatoms. The number of amides is 2. The van der Waals surface area contributed by atoms with Gasteiger partial charge in [0, 0.05) is 11.4 Å². The Labute approximate surface area is 165 Å². The molecule has 2 N–H and O–H groups in total. The number of hydrogen-bond donors (Lipinski definition) is 2. The molecule has 1 aromatic carbocycles. The van der Waals surface area contributed by atoms with Gasteiger partial charge in [0.2, 0.25) is 5.91 Å². The van der Waals surface area contributed by atoms with Crippen LogP contribution in [0.4, 0.5) is 4.79 Å². The van der Waals surface area contributed by atoms with Crippen molar-refractivity contribution in [1.82, 2.24) is 10.6 Å². The molecule has 0 heterocycles. The Morgan fingerprint density at radius 3 is 2.52 bits per heavy atom. The van der Waals surface area contributed by atoms with E-state index in [0.29, 0.717) is 17.2 Å². The van der Waals surface area contributed by atoms with E-state index in [1.165, 1.54) is 0 Å². The fourth-order valence-electron chi connectivity index (χ4n) is 2.67. The first kappa shape index (κ1) is 21.4. The molecule has 27 heavy (non-hydrogen) atoms. The van der Waals surface area contributed by atoms with Gasteiger partial charge in [-0.05, 0) is 64.3 Å². The molecule has 1 atom stereocenters. The molecule has 1 saturated carbocycles. The van der Waals surface area contributed by atoms with Crippen LogP contribution in [0.2, 0.25) is 5.02 Å². The standard InChI is InChI=1S/C20H29ClN2O4/c1-6-17(24)23-20(9-10-20)15-11-14(7-8-16(15)21)26-12-13(2)22-18(25)27-19(3,4)5/h7-8,11,13H,6,9-10,12H2,1-5H3,(H,22,25)(H,23,24)/t13-/m0/s1. The van der Waals surface area contributed by atoms with Crippen LogP contribution in [0.15, 0.2) is 18.2 Å². The topological polar surface area (TPSA) is 76.7 Å². The average molecular weight is 397 g/mol. The molecule has 1 fully saturated rings. The summed E-state index contributed by atoms with van der Waals surface area (Å²) >= 11 is 6.36. The predicted molar refractivity (Wildman–Crippen MR) is 105 cm³/mol. The van der Waals surface area contributed by atoms with Gasteiger partial charge in [-0.15, -0.1) is 0 Å². The van der Waals surface area contributed by atoms with Gasteiger partial charge in [-0.25, -0.2) is 4.79 Å². The normalized spacial score (nSPS) is 16.2. The third-order valence-corrected chi connectivity index (χ3v) is 4.50. The first-order valence-corrected chi connectivity index (χ1v) is 9.66. The highest BCUT2D eigenvalue weighted by Crippen LogP contribution is 2.49. The molecule has 0 aliphatic heterocycles. The number of carbonyl (C=O) groups is 2. The quantitative estimate of drug-likeness (QED) is 0.725. The van der Waals surface area contributed by atoms with Crippen LogP contribution in [-0.2, 0) is 15.1 Å². The maximum absolute atomic E-state index is 11.8. The van der Waals surface area contributed by atoms with Crippen molar-refractivity contribution in [2.24, 2.45) is 0 Å². The summed E-state index contributed by atoms with van der Waals surface area (Å²) in [4.78, 5) is 23.6. The molecule has 0 radical (unpaired) electrons. The minimum absolute atomic E-state index is 0.00470.